The second-order valence-corrected chi connectivity index (χ2v) is 5.83. The summed E-state index contributed by atoms with van der Waals surface area (Å²) < 4.78 is 14.5. The van der Waals surface area contributed by atoms with Crippen molar-refractivity contribution in [2.45, 2.75) is 19.4 Å². The van der Waals surface area contributed by atoms with Crippen LogP contribution in [0.15, 0.2) is 53.3 Å². The van der Waals surface area contributed by atoms with Crippen molar-refractivity contribution in [1.82, 2.24) is 9.55 Å². The van der Waals surface area contributed by atoms with E-state index in [1.54, 1.807) is 48.6 Å². The average molecular weight is 352 g/mol. The molecule has 0 fully saturated rings. The van der Waals surface area contributed by atoms with Crippen molar-refractivity contribution in [3.63, 3.8) is 0 Å². The SMILES string of the molecule is O=C(O)CCCn1c(C=Cc2ccc(F)cc2)nc2ccccc2c1=O. The summed E-state index contributed by atoms with van der Waals surface area (Å²) in [7, 11) is 0. The molecule has 0 saturated heterocycles. The molecule has 0 radical (unpaired) electrons. The van der Waals surface area contributed by atoms with Crippen LogP contribution in [0.5, 0.6) is 0 Å². The lowest BCUT2D eigenvalue weighted by Crippen LogP contribution is -2.24. The lowest BCUT2D eigenvalue weighted by Gasteiger charge is -2.10. The molecule has 26 heavy (non-hydrogen) atoms. The Morgan fingerprint density at radius 1 is 1.12 bits per heavy atom. The number of hydrogen-bond acceptors (Lipinski definition) is 3. The smallest absolute Gasteiger partial charge is 0.303 e. The molecule has 6 heteroatoms. The fourth-order valence-electron chi connectivity index (χ4n) is 2.66. The van der Waals surface area contributed by atoms with E-state index in [4.69, 9.17) is 5.11 Å². The van der Waals surface area contributed by atoms with Gasteiger partial charge in [-0.15, -0.1) is 0 Å². The number of carboxylic acid groups (broad SMARTS) is 1. The van der Waals surface area contributed by atoms with Crippen LogP contribution in [-0.2, 0) is 11.3 Å². The highest BCUT2D eigenvalue weighted by Gasteiger charge is 2.09. The molecule has 0 unspecified atom stereocenters. The van der Waals surface area contributed by atoms with Gasteiger partial charge in [0, 0.05) is 13.0 Å². The van der Waals surface area contributed by atoms with Gasteiger partial charge in [-0.25, -0.2) is 9.37 Å². The van der Waals surface area contributed by atoms with Crippen molar-refractivity contribution in [3.8, 4) is 0 Å². The summed E-state index contributed by atoms with van der Waals surface area (Å²) in [6.07, 6.45) is 3.72. The molecule has 2 aromatic carbocycles. The van der Waals surface area contributed by atoms with Crippen molar-refractivity contribution >= 4 is 29.0 Å². The molecule has 132 valence electrons. The lowest BCUT2D eigenvalue weighted by atomic mass is 10.2. The highest BCUT2D eigenvalue weighted by molar-refractivity contribution is 5.79. The maximum Gasteiger partial charge on any atom is 0.303 e. The summed E-state index contributed by atoms with van der Waals surface area (Å²) in [4.78, 5) is 28.1. The van der Waals surface area contributed by atoms with E-state index in [9.17, 15) is 14.0 Å². The van der Waals surface area contributed by atoms with Crippen LogP contribution < -0.4 is 5.56 Å². The van der Waals surface area contributed by atoms with Crippen molar-refractivity contribution < 1.29 is 14.3 Å². The standard InChI is InChI=1S/C20H17FN2O3/c21-15-10-7-14(8-11-15)9-12-18-22-17-5-2-1-4-16(17)20(26)23(18)13-3-6-19(24)25/h1-2,4-5,7-12H,3,6,13H2,(H,24,25). The molecule has 3 aromatic rings. The molecule has 0 aliphatic rings. The van der Waals surface area contributed by atoms with Gasteiger partial charge in [-0.05, 0) is 42.3 Å². The summed E-state index contributed by atoms with van der Waals surface area (Å²) in [6.45, 7) is 0.256. The number of benzene rings is 2. The summed E-state index contributed by atoms with van der Waals surface area (Å²) in [6, 6.07) is 13.0. The van der Waals surface area contributed by atoms with E-state index in [1.165, 1.54) is 16.7 Å². The second-order valence-electron chi connectivity index (χ2n) is 5.83. The molecule has 1 aromatic heterocycles. The normalized spacial score (nSPS) is 11.3. The van der Waals surface area contributed by atoms with Crippen LogP contribution >= 0.6 is 0 Å². The Morgan fingerprint density at radius 3 is 2.58 bits per heavy atom. The summed E-state index contributed by atoms with van der Waals surface area (Å²) >= 11 is 0. The van der Waals surface area contributed by atoms with E-state index in [0.29, 0.717) is 23.1 Å². The first-order chi connectivity index (χ1) is 12.5. The third-order valence-electron chi connectivity index (χ3n) is 3.96. The fourth-order valence-corrected chi connectivity index (χ4v) is 2.66. The molecule has 0 saturated carbocycles. The molecule has 0 bridgehead atoms. The highest BCUT2D eigenvalue weighted by atomic mass is 19.1. The molecule has 5 nitrogen and oxygen atoms in total. The van der Waals surface area contributed by atoms with Crippen LogP contribution in [0.4, 0.5) is 4.39 Å². The minimum Gasteiger partial charge on any atom is -0.481 e. The van der Waals surface area contributed by atoms with Gasteiger partial charge in [-0.1, -0.05) is 30.3 Å². The van der Waals surface area contributed by atoms with E-state index in [-0.39, 0.29) is 24.3 Å². The molecule has 0 amide bonds. The Labute approximate surface area is 149 Å². The summed E-state index contributed by atoms with van der Waals surface area (Å²) in [5, 5.41) is 9.32. The first-order valence-electron chi connectivity index (χ1n) is 8.19. The molecule has 0 aliphatic heterocycles. The van der Waals surface area contributed by atoms with Crippen LogP contribution in [0.25, 0.3) is 23.1 Å². The lowest BCUT2D eigenvalue weighted by molar-refractivity contribution is -0.137. The van der Waals surface area contributed by atoms with Gasteiger partial charge < -0.3 is 5.11 Å². The molecular weight excluding hydrogens is 335 g/mol. The monoisotopic (exact) mass is 352 g/mol. The molecular formula is C20H17FN2O3. The van der Waals surface area contributed by atoms with E-state index < -0.39 is 5.97 Å². The fraction of sp³-hybridized carbons (Fsp3) is 0.150. The Morgan fingerprint density at radius 2 is 1.85 bits per heavy atom. The van der Waals surface area contributed by atoms with Crippen LogP contribution in [0.1, 0.15) is 24.2 Å². The number of carbonyl (C=O) groups is 1. The zero-order chi connectivity index (χ0) is 18.5. The van der Waals surface area contributed by atoms with Crippen LogP contribution in [-0.4, -0.2) is 20.6 Å². The van der Waals surface area contributed by atoms with Crippen molar-refractivity contribution in [2.24, 2.45) is 0 Å². The molecule has 1 heterocycles. The Bertz CT molecular complexity index is 1020. The Balaban J connectivity index is 2.01. The van der Waals surface area contributed by atoms with Crippen LogP contribution in [0, 0.1) is 5.82 Å². The maximum absolute atomic E-state index is 13.0. The van der Waals surface area contributed by atoms with E-state index in [2.05, 4.69) is 4.98 Å². The van der Waals surface area contributed by atoms with E-state index >= 15 is 0 Å². The molecule has 3 rings (SSSR count). The van der Waals surface area contributed by atoms with Gasteiger partial charge in [0.05, 0.1) is 10.9 Å². The van der Waals surface area contributed by atoms with Gasteiger partial charge in [-0.3, -0.25) is 14.2 Å². The van der Waals surface area contributed by atoms with Gasteiger partial charge in [0.1, 0.15) is 11.6 Å². The predicted molar refractivity (Wildman–Crippen MR) is 98.2 cm³/mol. The third kappa shape index (κ3) is 4.03. The van der Waals surface area contributed by atoms with Crippen LogP contribution in [0.2, 0.25) is 0 Å². The van der Waals surface area contributed by atoms with Crippen LogP contribution in [0.3, 0.4) is 0 Å². The Kier molecular flexibility index (Phi) is 5.22. The third-order valence-corrected chi connectivity index (χ3v) is 3.96. The average Bonchev–Trinajstić information content (AvgIpc) is 2.63. The molecule has 0 atom stereocenters. The summed E-state index contributed by atoms with van der Waals surface area (Å²) in [5.41, 5.74) is 1.14. The largest absolute Gasteiger partial charge is 0.481 e. The molecule has 0 spiro atoms. The van der Waals surface area contributed by atoms with E-state index in [1.807, 2.05) is 0 Å². The number of para-hydroxylation sites is 1. The predicted octanol–water partition coefficient (Wildman–Crippen LogP) is 3.57. The number of nitrogens with zero attached hydrogens (tertiary/aromatic N) is 2. The van der Waals surface area contributed by atoms with Gasteiger partial charge in [0.2, 0.25) is 0 Å². The Hall–Kier alpha value is -3.28. The second kappa shape index (κ2) is 7.74. The summed E-state index contributed by atoms with van der Waals surface area (Å²) in [5.74, 6) is -0.796. The quantitative estimate of drug-likeness (QED) is 0.736. The zero-order valence-electron chi connectivity index (χ0n) is 13.9. The van der Waals surface area contributed by atoms with Crippen molar-refractivity contribution in [2.75, 3.05) is 0 Å². The van der Waals surface area contributed by atoms with Gasteiger partial charge >= 0.3 is 5.97 Å². The van der Waals surface area contributed by atoms with Gasteiger partial charge in [0.15, 0.2) is 0 Å². The van der Waals surface area contributed by atoms with Crippen molar-refractivity contribution in [1.29, 1.82) is 0 Å². The maximum atomic E-state index is 13.0. The number of aliphatic carboxylic acids is 1. The number of fused-ring (bicyclic) bond motifs is 1. The highest BCUT2D eigenvalue weighted by Crippen LogP contribution is 2.12. The first kappa shape index (κ1) is 17.5. The number of rotatable bonds is 6. The van der Waals surface area contributed by atoms with Gasteiger partial charge in [-0.2, -0.15) is 0 Å². The van der Waals surface area contributed by atoms with Gasteiger partial charge in [0.25, 0.3) is 5.56 Å². The molecule has 1 N–H and O–H groups in total. The zero-order valence-corrected chi connectivity index (χ0v) is 13.9. The number of hydrogen-bond donors (Lipinski definition) is 1. The number of halogens is 1. The molecule has 0 aliphatic carbocycles. The number of aromatic nitrogens is 2. The minimum atomic E-state index is -0.907. The first-order valence-corrected chi connectivity index (χ1v) is 8.19. The number of carboxylic acids is 1. The van der Waals surface area contributed by atoms with E-state index in [0.717, 1.165) is 5.56 Å². The topological polar surface area (TPSA) is 72.2 Å². The van der Waals surface area contributed by atoms with Crippen molar-refractivity contribution in [3.05, 3.63) is 76.1 Å². The minimum absolute atomic E-state index is 0.0274.